The van der Waals surface area contributed by atoms with Crippen molar-refractivity contribution in [2.24, 2.45) is 0 Å². The maximum absolute atomic E-state index is 10.8. The Morgan fingerprint density at radius 2 is 2.50 bits per heavy atom. The van der Waals surface area contributed by atoms with Crippen molar-refractivity contribution in [1.82, 2.24) is 5.32 Å². The van der Waals surface area contributed by atoms with E-state index in [9.17, 15) is 4.79 Å². The van der Waals surface area contributed by atoms with Crippen LogP contribution in [0.1, 0.15) is 6.42 Å². The van der Waals surface area contributed by atoms with Crippen molar-refractivity contribution in [3.63, 3.8) is 0 Å². The second kappa shape index (κ2) is 2.30. The predicted molar refractivity (Wildman–Crippen MR) is 49.0 cm³/mol. The molecule has 1 saturated heterocycles. The Morgan fingerprint density at radius 1 is 1.60 bits per heavy atom. The van der Waals surface area contributed by atoms with Crippen LogP contribution in [0.25, 0.3) is 0 Å². The number of carbonyl (C=O) groups is 1. The highest BCUT2D eigenvalue weighted by atomic mass is 127. The van der Waals surface area contributed by atoms with Crippen LogP contribution in [0.5, 0.6) is 0 Å². The van der Waals surface area contributed by atoms with Gasteiger partial charge in [0.2, 0.25) is 5.91 Å². The number of carbonyl (C=O) groups excluding carboxylic acids is 1. The van der Waals surface area contributed by atoms with Gasteiger partial charge in [-0.15, -0.1) is 0 Å². The fourth-order valence-electron chi connectivity index (χ4n) is 1.00. The molecule has 0 aromatic heterocycles. The van der Waals surface area contributed by atoms with Crippen LogP contribution < -0.4 is 5.32 Å². The summed E-state index contributed by atoms with van der Waals surface area (Å²) in [4.78, 5) is 10.8. The van der Waals surface area contributed by atoms with E-state index < -0.39 is 0 Å². The average molecular weight is 247 g/mol. The number of hydrogen-bond acceptors (Lipinski definition) is 1. The highest BCUT2D eigenvalue weighted by molar-refractivity contribution is 14.2. The second-order valence-electron chi connectivity index (χ2n) is 2.19. The monoisotopic (exact) mass is 247 g/mol. The van der Waals surface area contributed by atoms with E-state index in [0.29, 0.717) is 6.42 Å². The van der Waals surface area contributed by atoms with Crippen molar-refractivity contribution >= 4 is 30.6 Å². The lowest BCUT2D eigenvalue weighted by Crippen LogP contribution is -2.11. The first-order valence-corrected chi connectivity index (χ1v) is 5.50. The lowest BCUT2D eigenvalue weighted by atomic mass is 10.2. The van der Waals surface area contributed by atoms with E-state index in [0.717, 1.165) is 5.70 Å². The lowest BCUT2D eigenvalue weighted by Gasteiger charge is -1.98. The highest BCUT2D eigenvalue weighted by Crippen LogP contribution is 2.24. The van der Waals surface area contributed by atoms with E-state index in [1.165, 1.54) is 5.57 Å². The standard InChI is InChI=1S/C7H6INO/c10-7-3-5-4-8-2-1-6(5)9-7/h1-2,4H,3H2,(H,9,10). The number of allylic oxidation sites excluding steroid dienone is 2. The van der Waals surface area contributed by atoms with Crippen LogP contribution in [0.2, 0.25) is 0 Å². The van der Waals surface area contributed by atoms with Gasteiger partial charge >= 0.3 is 0 Å². The van der Waals surface area contributed by atoms with Crippen LogP contribution >= 0.6 is 20.7 Å². The molecular formula is C7H6INO. The highest BCUT2D eigenvalue weighted by Gasteiger charge is 2.19. The summed E-state index contributed by atoms with van der Waals surface area (Å²) >= 11 is 0.106. The Kier molecular flexibility index (Phi) is 1.44. The molecule has 3 heteroatoms. The van der Waals surface area contributed by atoms with E-state index in [-0.39, 0.29) is 26.6 Å². The first-order chi connectivity index (χ1) is 4.86. The van der Waals surface area contributed by atoms with Crippen LogP contribution in [0.4, 0.5) is 0 Å². The summed E-state index contributed by atoms with van der Waals surface area (Å²) in [5.41, 5.74) is 2.23. The molecule has 52 valence electrons. The summed E-state index contributed by atoms with van der Waals surface area (Å²) in [6, 6.07) is 0. The third-order valence-corrected chi connectivity index (χ3v) is 3.35. The van der Waals surface area contributed by atoms with Crippen molar-refractivity contribution in [2.45, 2.75) is 6.42 Å². The Balaban J connectivity index is 2.42. The molecule has 2 nitrogen and oxygen atoms in total. The van der Waals surface area contributed by atoms with Crippen LogP contribution in [0, 0.1) is 0 Å². The van der Waals surface area contributed by atoms with Gasteiger partial charge in [-0.1, -0.05) is 20.7 Å². The molecule has 1 fully saturated rings. The van der Waals surface area contributed by atoms with E-state index >= 15 is 0 Å². The Labute approximate surface area is 68.7 Å². The average Bonchev–Trinajstić information content (AvgIpc) is 2.27. The Hall–Kier alpha value is -0.450. The van der Waals surface area contributed by atoms with Gasteiger partial charge in [-0.25, -0.2) is 0 Å². The molecule has 0 aromatic carbocycles. The van der Waals surface area contributed by atoms with Crippen molar-refractivity contribution in [1.29, 1.82) is 0 Å². The molecule has 10 heavy (non-hydrogen) atoms. The van der Waals surface area contributed by atoms with E-state index in [1.807, 2.05) is 6.08 Å². The number of rotatable bonds is 0. The third-order valence-electron chi connectivity index (χ3n) is 1.47. The second-order valence-corrected chi connectivity index (χ2v) is 4.25. The molecule has 0 unspecified atom stereocenters. The summed E-state index contributed by atoms with van der Waals surface area (Å²) in [5.74, 6) is 0.136. The summed E-state index contributed by atoms with van der Waals surface area (Å²) in [7, 11) is 0. The molecule has 0 bridgehead atoms. The smallest absolute Gasteiger partial charge is 0.228 e. The van der Waals surface area contributed by atoms with Gasteiger partial charge < -0.3 is 5.32 Å². The summed E-state index contributed by atoms with van der Waals surface area (Å²) in [6.07, 6.45) is 2.62. The molecule has 2 heterocycles. The fraction of sp³-hybridized carbons (Fsp3) is 0.143. The number of halogens is 1. The number of nitrogens with one attached hydrogen (secondary N) is 1. The molecular weight excluding hydrogens is 241 g/mol. The van der Waals surface area contributed by atoms with Crippen molar-refractivity contribution in [2.75, 3.05) is 0 Å². The lowest BCUT2D eigenvalue weighted by molar-refractivity contribution is -0.118. The van der Waals surface area contributed by atoms with Crippen LogP contribution in [-0.2, 0) is 4.79 Å². The van der Waals surface area contributed by atoms with E-state index in [4.69, 9.17) is 0 Å². The maximum Gasteiger partial charge on any atom is 0.228 e. The van der Waals surface area contributed by atoms with E-state index in [2.05, 4.69) is 13.4 Å². The zero-order valence-electron chi connectivity index (χ0n) is 5.23. The van der Waals surface area contributed by atoms with Crippen molar-refractivity contribution < 1.29 is 4.79 Å². The van der Waals surface area contributed by atoms with Crippen molar-refractivity contribution in [3.8, 4) is 0 Å². The molecule has 0 aromatic rings. The molecule has 1 N–H and O–H groups in total. The van der Waals surface area contributed by atoms with Gasteiger partial charge in [0.1, 0.15) is 0 Å². The summed E-state index contributed by atoms with van der Waals surface area (Å²) in [6.45, 7) is 0. The van der Waals surface area contributed by atoms with Crippen LogP contribution in [0.3, 0.4) is 0 Å². The SMILES string of the molecule is O=C1CC2=CI=CC=C2N1. The van der Waals surface area contributed by atoms with Crippen LogP contribution in [-0.4, -0.2) is 9.92 Å². The van der Waals surface area contributed by atoms with Gasteiger partial charge in [-0.05, 0) is 19.7 Å². The molecule has 2 aliphatic rings. The third kappa shape index (κ3) is 0.941. The summed E-state index contributed by atoms with van der Waals surface area (Å²) in [5, 5.41) is 2.80. The first-order valence-electron chi connectivity index (χ1n) is 3.01. The van der Waals surface area contributed by atoms with Crippen molar-refractivity contribution in [3.05, 3.63) is 21.4 Å². The summed E-state index contributed by atoms with van der Waals surface area (Å²) < 4.78 is 4.36. The Morgan fingerprint density at radius 3 is 3.30 bits per heavy atom. The number of fused-ring (bicyclic) bond motifs is 1. The Bertz CT molecular complexity index is 249. The quantitative estimate of drug-likeness (QED) is 0.637. The minimum Gasteiger partial charge on any atom is -0.326 e. The normalized spacial score (nSPS) is 22.2. The van der Waals surface area contributed by atoms with Gasteiger partial charge in [0.25, 0.3) is 0 Å². The van der Waals surface area contributed by atoms with E-state index in [1.54, 1.807) is 0 Å². The molecule has 0 atom stereocenters. The zero-order chi connectivity index (χ0) is 6.97. The van der Waals surface area contributed by atoms with Gasteiger partial charge in [0.15, 0.2) is 0 Å². The number of amides is 1. The van der Waals surface area contributed by atoms with Gasteiger partial charge in [-0.2, -0.15) is 0 Å². The number of hydrogen-bond donors (Lipinski definition) is 1. The molecule has 0 aliphatic carbocycles. The first kappa shape index (κ1) is 6.27. The predicted octanol–water partition coefficient (Wildman–Crippen LogP) is 1.06. The maximum atomic E-state index is 10.8. The molecule has 2 rings (SSSR count). The molecule has 1 amide bonds. The minimum absolute atomic E-state index is 0.106. The minimum atomic E-state index is 0.106. The van der Waals surface area contributed by atoms with Gasteiger partial charge in [0, 0.05) is 5.70 Å². The van der Waals surface area contributed by atoms with Crippen LogP contribution in [0.15, 0.2) is 21.4 Å². The fourth-order valence-corrected chi connectivity index (χ4v) is 2.77. The molecule has 0 radical (unpaired) electrons. The molecule has 2 aliphatic heterocycles. The van der Waals surface area contributed by atoms with Gasteiger partial charge in [-0.3, -0.25) is 4.79 Å². The van der Waals surface area contributed by atoms with Gasteiger partial charge in [0.05, 0.1) is 6.42 Å². The molecule has 0 spiro atoms. The largest absolute Gasteiger partial charge is 0.326 e. The zero-order valence-corrected chi connectivity index (χ0v) is 7.38. The molecule has 0 saturated carbocycles. The topological polar surface area (TPSA) is 29.1 Å².